The first kappa shape index (κ1) is 36.7. The van der Waals surface area contributed by atoms with Crippen LogP contribution in [0.15, 0.2) is 57.9 Å². The van der Waals surface area contributed by atoms with E-state index in [4.69, 9.17) is 14.0 Å². The molecule has 4 rings (SSSR count). The topological polar surface area (TPSA) is 164 Å². The van der Waals surface area contributed by atoms with Gasteiger partial charge in [0.05, 0.1) is 35.3 Å². The number of carbonyl (C=O) groups is 2. The second-order valence-corrected chi connectivity index (χ2v) is 14.1. The van der Waals surface area contributed by atoms with Crippen molar-refractivity contribution in [2.24, 2.45) is 5.92 Å². The van der Waals surface area contributed by atoms with Gasteiger partial charge >= 0.3 is 6.03 Å². The van der Waals surface area contributed by atoms with Crippen LogP contribution < -0.4 is 14.8 Å². The average Bonchev–Trinajstić information content (AvgIpc) is 3.38. The number of ether oxygens (including phenoxy) is 2. The Morgan fingerprint density at radius 3 is 2.54 bits per heavy atom. The number of aromatic nitrogens is 1. The lowest BCUT2D eigenvalue weighted by atomic mass is 10.0. The zero-order valence-electron chi connectivity index (χ0n) is 28.4. The Balaban J connectivity index is 1.63. The number of nitrogens with zero attached hydrogens (tertiary/aromatic N) is 3. The van der Waals surface area contributed by atoms with Crippen LogP contribution in [0.2, 0.25) is 0 Å². The Kier molecular flexibility index (Phi) is 12.5. The molecule has 0 bridgehead atoms. The Morgan fingerprint density at radius 1 is 1.15 bits per heavy atom. The highest BCUT2D eigenvalue weighted by Gasteiger charge is 2.31. The van der Waals surface area contributed by atoms with E-state index in [2.05, 4.69) is 15.2 Å². The van der Waals surface area contributed by atoms with E-state index < -0.39 is 28.1 Å². The third kappa shape index (κ3) is 9.26. The minimum absolute atomic E-state index is 0.0852. The van der Waals surface area contributed by atoms with Crippen molar-refractivity contribution in [1.29, 1.82) is 0 Å². The largest absolute Gasteiger partial charge is 0.490 e. The van der Waals surface area contributed by atoms with Crippen LogP contribution in [0.1, 0.15) is 61.8 Å². The van der Waals surface area contributed by atoms with Crippen molar-refractivity contribution in [2.75, 3.05) is 43.4 Å². The van der Waals surface area contributed by atoms with Crippen molar-refractivity contribution >= 4 is 33.3 Å². The number of hydrogen-bond donors (Lipinski definition) is 3. The molecular formula is C34H47N5O8S. The number of sulfonamides is 1. The van der Waals surface area contributed by atoms with E-state index in [9.17, 15) is 23.1 Å². The van der Waals surface area contributed by atoms with Gasteiger partial charge in [-0.3, -0.25) is 9.52 Å². The van der Waals surface area contributed by atoms with Crippen LogP contribution in [0.3, 0.4) is 0 Å². The standard InChI is InChI=1S/C34H47N5O8S/c1-22-19-39(23(2)21-40)33(41)29-18-27(37-48(43,44)28-13-8-7-9-14-28)15-16-30(29)46-24(3)12-10-11-17-45-31(22)20-38(6)34(42)35-32-25(4)36-47-26(32)5/h7-9,13-16,18,22-24,31,37,40H,10-12,17,19-21H2,1-6H3,(H,35,42)/t22-,23+,24+,31-/m0/s1. The van der Waals surface area contributed by atoms with Crippen molar-refractivity contribution in [2.45, 2.75) is 77.0 Å². The zero-order valence-corrected chi connectivity index (χ0v) is 29.2. The van der Waals surface area contributed by atoms with Crippen LogP contribution >= 0.6 is 0 Å². The SMILES string of the molecule is Cc1noc(C)c1NC(=O)N(C)C[C@@H]1OCCCC[C@@H](C)Oc2ccc(NS(=O)(=O)c3ccccc3)cc2C(=O)N([C@H](C)CO)C[C@@H]1C. The summed E-state index contributed by atoms with van der Waals surface area (Å²) in [6.45, 7) is 9.60. The van der Waals surface area contributed by atoms with Gasteiger partial charge in [0.25, 0.3) is 15.9 Å². The van der Waals surface area contributed by atoms with Crippen LogP contribution in [0.5, 0.6) is 5.75 Å². The highest BCUT2D eigenvalue weighted by Crippen LogP contribution is 2.30. The van der Waals surface area contributed by atoms with Crippen LogP contribution in [-0.4, -0.2) is 92.0 Å². The fourth-order valence-corrected chi connectivity index (χ4v) is 6.55. The Hall–Kier alpha value is -4.14. The summed E-state index contributed by atoms with van der Waals surface area (Å²) in [6, 6.07) is 11.6. The smallest absolute Gasteiger partial charge is 0.321 e. The molecule has 3 N–H and O–H groups in total. The average molecular weight is 686 g/mol. The van der Waals surface area contributed by atoms with E-state index in [-0.39, 0.29) is 53.9 Å². The van der Waals surface area contributed by atoms with Crippen LogP contribution in [-0.2, 0) is 14.8 Å². The van der Waals surface area contributed by atoms with Gasteiger partial charge in [0.2, 0.25) is 0 Å². The van der Waals surface area contributed by atoms with Gasteiger partial charge in [0, 0.05) is 38.3 Å². The summed E-state index contributed by atoms with van der Waals surface area (Å²) in [7, 11) is -2.26. The summed E-state index contributed by atoms with van der Waals surface area (Å²) in [5, 5.41) is 17.0. The van der Waals surface area contributed by atoms with E-state index in [0.717, 1.165) is 12.8 Å². The number of aliphatic hydroxyl groups excluding tert-OH is 1. The molecule has 4 atom stereocenters. The summed E-state index contributed by atoms with van der Waals surface area (Å²) in [5.74, 6) is 0.104. The fourth-order valence-electron chi connectivity index (χ4n) is 5.48. The van der Waals surface area contributed by atoms with Crippen molar-refractivity contribution in [3.63, 3.8) is 0 Å². The Morgan fingerprint density at radius 2 is 1.88 bits per heavy atom. The lowest BCUT2D eigenvalue weighted by Gasteiger charge is -2.35. The number of likely N-dealkylation sites (N-methyl/N-ethyl adjacent to an activating group) is 1. The molecular weight excluding hydrogens is 638 g/mol. The summed E-state index contributed by atoms with van der Waals surface area (Å²) in [5.41, 5.74) is 1.44. The van der Waals surface area contributed by atoms with Gasteiger partial charge in [0.15, 0.2) is 5.76 Å². The highest BCUT2D eigenvalue weighted by molar-refractivity contribution is 7.92. The number of urea groups is 1. The quantitative estimate of drug-likeness (QED) is 0.294. The van der Waals surface area contributed by atoms with Gasteiger partial charge in [-0.05, 0) is 77.3 Å². The third-order valence-corrected chi connectivity index (χ3v) is 9.82. The molecule has 0 fully saturated rings. The number of aryl methyl sites for hydroxylation is 2. The number of amides is 3. The van der Waals surface area contributed by atoms with E-state index in [1.807, 2.05) is 13.8 Å². The zero-order chi connectivity index (χ0) is 35.0. The molecule has 1 aliphatic heterocycles. The predicted molar refractivity (Wildman–Crippen MR) is 182 cm³/mol. The normalized spacial score (nSPS) is 20.2. The number of nitrogens with one attached hydrogen (secondary N) is 2. The van der Waals surface area contributed by atoms with Crippen molar-refractivity contribution in [3.8, 4) is 5.75 Å². The molecule has 0 spiro atoms. The van der Waals surface area contributed by atoms with E-state index in [1.54, 1.807) is 63.1 Å². The lowest BCUT2D eigenvalue weighted by Crippen LogP contribution is -2.48. The van der Waals surface area contributed by atoms with Crippen LogP contribution in [0.4, 0.5) is 16.2 Å². The molecule has 262 valence electrons. The van der Waals surface area contributed by atoms with Crippen molar-refractivity contribution in [3.05, 3.63) is 65.5 Å². The van der Waals surface area contributed by atoms with Crippen LogP contribution in [0, 0.1) is 19.8 Å². The highest BCUT2D eigenvalue weighted by atomic mass is 32.2. The maximum Gasteiger partial charge on any atom is 0.321 e. The summed E-state index contributed by atoms with van der Waals surface area (Å²) < 4.78 is 46.6. The molecule has 14 heteroatoms. The fraction of sp³-hybridized carbons (Fsp3) is 0.500. The molecule has 3 amide bonds. The molecule has 13 nitrogen and oxygen atoms in total. The number of aliphatic hydroxyl groups is 1. The van der Waals surface area contributed by atoms with Crippen LogP contribution in [0.25, 0.3) is 0 Å². The molecule has 0 radical (unpaired) electrons. The summed E-state index contributed by atoms with van der Waals surface area (Å²) in [6.07, 6.45) is 1.55. The monoisotopic (exact) mass is 685 g/mol. The maximum atomic E-state index is 14.4. The lowest BCUT2D eigenvalue weighted by molar-refractivity contribution is -0.0115. The number of rotatable bonds is 8. The predicted octanol–water partition coefficient (Wildman–Crippen LogP) is 5.05. The molecule has 3 aromatic rings. The Labute approximate surface area is 282 Å². The summed E-state index contributed by atoms with van der Waals surface area (Å²) >= 11 is 0. The molecule has 0 saturated heterocycles. The van der Waals surface area contributed by atoms with Gasteiger partial charge < -0.3 is 34.2 Å². The number of fused-ring (bicyclic) bond motifs is 1. The number of hydrogen-bond acceptors (Lipinski definition) is 9. The maximum absolute atomic E-state index is 14.4. The number of benzene rings is 2. The Bertz CT molecular complexity index is 1630. The molecule has 0 saturated carbocycles. The van der Waals surface area contributed by atoms with Gasteiger partial charge in [-0.25, -0.2) is 13.2 Å². The van der Waals surface area contributed by atoms with E-state index >= 15 is 0 Å². The molecule has 0 unspecified atom stereocenters. The molecule has 1 aliphatic rings. The van der Waals surface area contributed by atoms with Gasteiger partial charge in [-0.15, -0.1) is 0 Å². The molecule has 0 aliphatic carbocycles. The molecule has 2 heterocycles. The first-order chi connectivity index (χ1) is 22.8. The van der Waals surface area contributed by atoms with E-state index in [1.165, 1.54) is 23.1 Å². The third-order valence-electron chi connectivity index (χ3n) is 8.42. The molecule has 1 aromatic heterocycles. The molecule has 2 aromatic carbocycles. The second kappa shape index (κ2) is 16.3. The van der Waals surface area contributed by atoms with Gasteiger partial charge in [-0.2, -0.15) is 0 Å². The van der Waals surface area contributed by atoms with Gasteiger partial charge in [0.1, 0.15) is 17.1 Å². The van der Waals surface area contributed by atoms with Gasteiger partial charge in [-0.1, -0.05) is 30.3 Å². The van der Waals surface area contributed by atoms with E-state index in [0.29, 0.717) is 35.9 Å². The minimum Gasteiger partial charge on any atom is -0.490 e. The number of anilines is 2. The minimum atomic E-state index is -3.93. The number of carbonyl (C=O) groups excluding carboxylic acids is 2. The molecule has 48 heavy (non-hydrogen) atoms. The van der Waals surface area contributed by atoms with Crippen molar-refractivity contribution < 1.29 is 37.1 Å². The summed E-state index contributed by atoms with van der Waals surface area (Å²) in [4.78, 5) is 30.7. The second-order valence-electron chi connectivity index (χ2n) is 12.4. The first-order valence-electron chi connectivity index (χ1n) is 16.2. The first-order valence-corrected chi connectivity index (χ1v) is 17.7. The van der Waals surface area contributed by atoms with Crippen molar-refractivity contribution in [1.82, 2.24) is 15.0 Å².